The number of alkyl carbamates (subject to hydrolysis) is 1. The van der Waals surface area contributed by atoms with E-state index < -0.39 is 33.2 Å². The summed E-state index contributed by atoms with van der Waals surface area (Å²) in [5, 5.41) is 11.5. The Bertz CT molecular complexity index is 1640. The van der Waals surface area contributed by atoms with E-state index in [1.54, 1.807) is 45.6 Å². The molecule has 0 radical (unpaired) electrons. The van der Waals surface area contributed by atoms with Gasteiger partial charge in [-0.15, -0.1) is 10.2 Å². The Labute approximate surface area is 270 Å². The normalized spacial score (nSPS) is 17.5. The smallest absolute Gasteiger partial charge is 0.408 e. The molecule has 250 valence electrons. The molecule has 1 aliphatic carbocycles. The highest BCUT2D eigenvalue weighted by atomic mass is 32.2. The van der Waals surface area contributed by atoms with E-state index in [2.05, 4.69) is 27.4 Å². The number of hydrogen-bond acceptors (Lipinski definition) is 11. The van der Waals surface area contributed by atoms with Crippen molar-refractivity contribution in [2.75, 3.05) is 42.2 Å². The van der Waals surface area contributed by atoms with Gasteiger partial charge >= 0.3 is 12.1 Å². The average Bonchev–Trinajstić information content (AvgIpc) is 3.41. The molecule has 1 saturated carbocycles. The maximum atomic E-state index is 13.0. The molecule has 2 aromatic heterocycles. The lowest BCUT2D eigenvalue weighted by atomic mass is 9.92. The van der Waals surface area contributed by atoms with Gasteiger partial charge in [-0.05, 0) is 70.6 Å². The minimum Gasteiger partial charge on any atom is -0.465 e. The Balaban J connectivity index is 1.78. The molecule has 2 heterocycles. The second-order valence-corrected chi connectivity index (χ2v) is 15.0. The molecule has 2 unspecified atom stereocenters. The number of benzene rings is 1. The molecule has 0 spiro atoms. The number of rotatable bonds is 13. The van der Waals surface area contributed by atoms with Crippen LogP contribution in [-0.4, -0.2) is 74.3 Å². The number of ether oxygens (including phenoxy) is 2. The summed E-state index contributed by atoms with van der Waals surface area (Å²) in [6, 6.07) is 12.7. The number of carbonyl (C=O) groups excluding carboxylic acids is 2. The SMILES string of the molecule is CCOC(=O)CN(CC1CC1C)c1cc(-c2nnc([C@@](C)(Cc3ccccc3)NC(=O)OC(C)(C)C)o2)cc(N(C)S(C)(=O)=O)n1. The van der Waals surface area contributed by atoms with Gasteiger partial charge in [0.15, 0.2) is 0 Å². The predicted octanol–water partition coefficient (Wildman–Crippen LogP) is 4.54. The lowest BCUT2D eigenvalue weighted by Gasteiger charge is -2.29. The first kappa shape index (κ1) is 34.7. The Kier molecular flexibility index (Phi) is 10.3. The van der Waals surface area contributed by atoms with Gasteiger partial charge in [-0.1, -0.05) is 37.3 Å². The number of esters is 1. The van der Waals surface area contributed by atoms with Crippen LogP contribution in [0, 0.1) is 11.8 Å². The van der Waals surface area contributed by atoms with Crippen molar-refractivity contribution in [3.8, 4) is 11.5 Å². The molecule has 1 amide bonds. The largest absolute Gasteiger partial charge is 0.465 e. The highest BCUT2D eigenvalue weighted by molar-refractivity contribution is 7.92. The molecule has 13 nitrogen and oxygen atoms in total. The number of carbonyl (C=O) groups is 2. The standard InChI is InChI=1S/C32H44N6O7S/c1-9-43-27(39)20-38(19-24-15-21(24)2)26-17-23(16-25(33-26)37(7)46(8,41)42)28-35-36-29(44-28)32(6,18-22-13-11-10-12-14-22)34-30(40)45-31(3,4)5/h10-14,16-17,21,24H,9,15,18-20H2,1-8H3,(H,34,40)/t21?,24?,32-/m1/s1. The molecule has 0 bridgehead atoms. The van der Waals surface area contributed by atoms with Crippen molar-refractivity contribution in [3.05, 3.63) is 53.9 Å². The van der Waals surface area contributed by atoms with Gasteiger partial charge in [0.1, 0.15) is 29.3 Å². The first-order valence-corrected chi connectivity index (χ1v) is 17.1. The number of nitrogens with one attached hydrogen (secondary N) is 1. The molecule has 1 N–H and O–H groups in total. The lowest BCUT2D eigenvalue weighted by molar-refractivity contribution is -0.141. The van der Waals surface area contributed by atoms with E-state index >= 15 is 0 Å². The number of amides is 1. The molecular weight excluding hydrogens is 612 g/mol. The zero-order valence-electron chi connectivity index (χ0n) is 27.7. The molecule has 3 atom stereocenters. The zero-order valence-corrected chi connectivity index (χ0v) is 28.6. The van der Waals surface area contributed by atoms with Crippen LogP contribution in [0.1, 0.15) is 59.4 Å². The second kappa shape index (κ2) is 13.7. The molecule has 1 aliphatic rings. The Morgan fingerprint density at radius 2 is 1.74 bits per heavy atom. The van der Waals surface area contributed by atoms with E-state index in [9.17, 15) is 18.0 Å². The van der Waals surface area contributed by atoms with Gasteiger partial charge in [0.25, 0.3) is 0 Å². The number of sulfonamides is 1. The molecular formula is C32H44N6O7S. The molecule has 1 aromatic carbocycles. The van der Waals surface area contributed by atoms with Crippen molar-refractivity contribution in [2.45, 2.75) is 65.5 Å². The van der Waals surface area contributed by atoms with Crippen LogP contribution in [0.4, 0.5) is 16.4 Å². The van der Waals surface area contributed by atoms with Crippen molar-refractivity contribution in [1.82, 2.24) is 20.5 Å². The molecule has 14 heteroatoms. The van der Waals surface area contributed by atoms with Crippen molar-refractivity contribution < 1.29 is 31.9 Å². The maximum Gasteiger partial charge on any atom is 0.408 e. The Morgan fingerprint density at radius 3 is 2.33 bits per heavy atom. The van der Waals surface area contributed by atoms with Crippen molar-refractivity contribution in [3.63, 3.8) is 0 Å². The third-order valence-electron chi connectivity index (χ3n) is 7.62. The van der Waals surface area contributed by atoms with Crippen LogP contribution in [-0.2, 0) is 36.3 Å². The summed E-state index contributed by atoms with van der Waals surface area (Å²) < 4.78 is 43.1. The summed E-state index contributed by atoms with van der Waals surface area (Å²) in [7, 11) is -2.30. The topological polar surface area (TPSA) is 157 Å². The molecule has 0 saturated heterocycles. The quantitative estimate of drug-likeness (QED) is 0.258. The van der Waals surface area contributed by atoms with Crippen molar-refractivity contribution in [1.29, 1.82) is 0 Å². The third-order valence-corrected chi connectivity index (χ3v) is 8.80. The third kappa shape index (κ3) is 9.18. The van der Waals surface area contributed by atoms with E-state index in [0.717, 1.165) is 22.5 Å². The van der Waals surface area contributed by atoms with Crippen LogP contribution in [0.2, 0.25) is 0 Å². The van der Waals surface area contributed by atoms with Crippen LogP contribution in [0.3, 0.4) is 0 Å². The summed E-state index contributed by atoms with van der Waals surface area (Å²) in [5.41, 5.74) is -0.616. The number of anilines is 2. The summed E-state index contributed by atoms with van der Waals surface area (Å²) in [6.07, 6.45) is 1.74. The van der Waals surface area contributed by atoms with Gasteiger partial charge in [0.2, 0.25) is 21.8 Å². The number of aromatic nitrogens is 3. The van der Waals surface area contributed by atoms with E-state index in [0.29, 0.717) is 36.2 Å². The monoisotopic (exact) mass is 656 g/mol. The van der Waals surface area contributed by atoms with Crippen LogP contribution < -0.4 is 14.5 Å². The number of nitrogens with zero attached hydrogens (tertiary/aromatic N) is 5. The fraction of sp³-hybridized carbons (Fsp3) is 0.531. The van der Waals surface area contributed by atoms with Gasteiger partial charge in [0.05, 0.1) is 12.9 Å². The minimum atomic E-state index is -3.70. The first-order chi connectivity index (χ1) is 21.5. The minimum absolute atomic E-state index is 0.0699. The van der Waals surface area contributed by atoms with Crippen LogP contribution in [0.15, 0.2) is 46.9 Å². The van der Waals surface area contributed by atoms with Gasteiger partial charge in [-0.2, -0.15) is 0 Å². The fourth-order valence-electron chi connectivity index (χ4n) is 4.93. The zero-order chi connectivity index (χ0) is 33.9. The van der Waals surface area contributed by atoms with E-state index in [1.165, 1.54) is 13.1 Å². The van der Waals surface area contributed by atoms with Gasteiger partial charge in [-0.3, -0.25) is 9.10 Å². The van der Waals surface area contributed by atoms with Crippen LogP contribution >= 0.6 is 0 Å². The number of hydrogen-bond donors (Lipinski definition) is 1. The predicted molar refractivity (Wildman–Crippen MR) is 174 cm³/mol. The average molecular weight is 657 g/mol. The second-order valence-electron chi connectivity index (χ2n) is 13.0. The summed E-state index contributed by atoms with van der Waals surface area (Å²) in [4.78, 5) is 32.0. The molecule has 0 aliphatic heterocycles. The van der Waals surface area contributed by atoms with Gasteiger partial charge in [-0.25, -0.2) is 18.2 Å². The molecule has 4 rings (SSSR count). The Hall–Kier alpha value is -4.20. The van der Waals surface area contributed by atoms with E-state index in [-0.39, 0.29) is 30.8 Å². The van der Waals surface area contributed by atoms with Crippen LogP contribution in [0.5, 0.6) is 0 Å². The fourth-order valence-corrected chi connectivity index (χ4v) is 5.36. The Morgan fingerprint density at radius 1 is 1.09 bits per heavy atom. The van der Waals surface area contributed by atoms with Crippen molar-refractivity contribution >= 4 is 33.7 Å². The first-order valence-electron chi connectivity index (χ1n) is 15.2. The van der Waals surface area contributed by atoms with Crippen molar-refractivity contribution in [2.24, 2.45) is 11.8 Å². The van der Waals surface area contributed by atoms with Crippen LogP contribution in [0.25, 0.3) is 11.5 Å². The highest BCUT2D eigenvalue weighted by Gasteiger charge is 2.38. The summed E-state index contributed by atoms with van der Waals surface area (Å²) in [5.74, 6) is 1.06. The maximum absolute atomic E-state index is 13.0. The summed E-state index contributed by atoms with van der Waals surface area (Å²) in [6.45, 7) is 11.6. The summed E-state index contributed by atoms with van der Waals surface area (Å²) >= 11 is 0. The lowest BCUT2D eigenvalue weighted by Crippen LogP contribution is -2.47. The molecule has 1 fully saturated rings. The van der Waals surface area contributed by atoms with Gasteiger partial charge in [0, 0.05) is 25.6 Å². The van der Waals surface area contributed by atoms with Gasteiger partial charge < -0.3 is 24.1 Å². The number of pyridine rings is 1. The molecule has 46 heavy (non-hydrogen) atoms. The highest BCUT2D eigenvalue weighted by Crippen LogP contribution is 2.39. The van der Waals surface area contributed by atoms with E-state index in [4.69, 9.17) is 13.9 Å². The van der Waals surface area contributed by atoms with E-state index in [1.807, 2.05) is 30.3 Å². The molecule has 3 aromatic rings.